The van der Waals surface area contributed by atoms with Gasteiger partial charge in [-0.1, -0.05) is 12.1 Å². The number of aryl methyl sites for hydroxylation is 1. The van der Waals surface area contributed by atoms with Gasteiger partial charge >= 0.3 is 0 Å². The van der Waals surface area contributed by atoms with Gasteiger partial charge in [0.15, 0.2) is 27.5 Å². The van der Waals surface area contributed by atoms with Crippen molar-refractivity contribution in [1.82, 2.24) is 9.78 Å². The third kappa shape index (κ3) is 4.24. The second-order valence-corrected chi connectivity index (χ2v) is 10.8. The summed E-state index contributed by atoms with van der Waals surface area (Å²) in [4.78, 5) is 14.8. The summed E-state index contributed by atoms with van der Waals surface area (Å²) in [6, 6.07) is 9.24. The van der Waals surface area contributed by atoms with Crippen LogP contribution in [0, 0.1) is 12.7 Å². The van der Waals surface area contributed by atoms with E-state index in [0.29, 0.717) is 16.8 Å². The van der Waals surface area contributed by atoms with Crippen LogP contribution in [-0.2, 0) is 28.2 Å². The number of benzene rings is 2. The number of ether oxygens (including phenoxy) is 1. The Morgan fingerprint density at radius 1 is 1.21 bits per heavy atom. The summed E-state index contributed by atoms with van der Waals surface area (Å²) in [5.41, 5.74) is 3.05. The molecule has 0 saturated heterocycles. The maximum atomic E-state index is 15.2. The van der Waals surface area contributed by atoms with Gasteiger partial charge in [-0.25, -0.2) is 12.8 Å². The molecular formula is C23H24FN3O4S2. The third-order valence-electron chi connectivity index (χ3n) is 5.75. The van der Waals surface area contributed by atoms with E-state index in [1.165, 1.54) is 34.9 Å². The van der Waals surface area contributed by atoms with E-state index in [1.54, 1.807) is 29.8 Å². The van der Waals surface area contributed by atoms with Gasteiger partial charge in [-0.05, 0) is 55.5 Å². The number of rotatable bonds is 5. The van der Waals surface area contributed by atoms with Crippen LogP contribution in [0.5, 0.6) is 5.75 Å². The molecule has 3 aromatic rings. The van der Waals surface area contributed by atoms with Crippen LogP contribution in [0.1, 0.15) is 18.2 Å². The van der Waals surface area contributed by atoms with Crippen molar-refractivity contribution in [2.24, 2.45) is 7.05 Å². The number of sulfone groups is 1. The SMILES string of the molecule is CSc1nn(C)c(C)c1CN1C(=O)[C@@H](C)Oc2c(F)cc(-c3cccc(S(C)(=O)=O)c3)cc21. The first kappa shape index (κ1) is 23.3. The highest BCUT2D eigenvalue weighted by Gasteiger charge is 2.35. The first-order chi connectivity index (χ1) is 15.5. The molecule has 1 atom stereocenters. The van der Waals surface area contributed by atoms with E-state index in [9.17, 15) is 13.2 Å². The molecule has 0 N–H and O–H groups in total. The molecule has 0 aliphatic carbocycles. The zero-order valence-electron chi connectivity index (χ0n) is 18.9. The number of hydrogen-bond donors (Lipinski definition) is 0. The number of halogens is 1. The number of thioether (sulfide) groups is 1. The maximum Gasteiger partial charge on any atom is 0.268 e. The fraction of sp³-hybridized carbons (Fsp3) is 0.304. The van der Waals surface area contributed by atoms with Gasteiger partial charge in [0.2, 0.25) is 0 Å². The topological polar surface area (TPSA) is 81.5 Å². The second-order valence-electron chi connectivity index (χ2n) is 7.99. The minimum atomic E-state index is -3.43. The number of carbonyl (C=O) groups excluding carboxylic acids is 1. The molecular weight excluding hydrogens is 465 g/mol. The zero-order valence-corrected chi connectivity index (χ0v) is 20.6. The number of amides is 1. The van der Waals surface area contributed by atoms with E-state index >= 15 is 4.39 Å². The molecule has 0 fully saturated rings. The van der Waals surface area contributed by atoms with Gasteiger partial charge in [-0.2, -0.15) is 5.10 Å². The number of nitrogens with zero attached hydrogens (tertiary/aromatic N) is 3. The smallest absolute Gasteiger partial charge is 0.268 e. The molecule has 10 heteroatoms. The molecule has 1 amide bonds. The van der Waals surface area contributed by atoms with Crippen LogP contribution in [0.15, 0.2) is 46.3 Å². The molecule has 33 heavy (non-hydrogen) atoms. The van der Waals surface area contributed by atoms with Crippen LogP contribution in [0.3, 0.4) is 0 Å². The standard InChI is InChI=1S/C23H24FN3O4S2/c1-13-18(22(32-4)25-26(13)3)12-27-20-11-16(10-19(24)21(20)31-14(2)23(27)28)15-7-6-8-17(9-15)33(5,29)30/h6-11,14H,12H2,1-5H3/t14-/m1/s1. The summed E-state index contributed by atoms with van der Waals surface area (Å²) in [5, 5.41) is 5.28. The molecule has 2 heterocycles. The molecule has 4 rings (SSSR count). The molecule has 0 unspecified atom stereocenters. The van der Waals surface area contributed by atoms with Crippen LogP contribution >= 0.6 is 11.8 Å². The Kier molecular flexibility index (Phi) is 6.00. The normalized spacial score (nSPS) is 16.0. The molecule has 0 bridgehead atoms. The molecule has 1 aliphatic heterocycles. The number of anilines is 1. The molecule has 0 radical (unpaired) electrons. The Morgan fingerprint density at radius 2 is 1.94 bits per heavy atom. The van der Waals surface area contributed by atoms with Crippen molar-refractivity contribution in [2.75, 3.05) is 17.4 Å². The summed E-state index contributed by atoms with van der Waals surface area (Å²) in [7, 11) is -1.60. The van der Waals surface area contributed by atoms with Gasteiger partial charge in [0.25, 0.3) is 5.91 Å². The van der Waals surface area contributed by atoms with Gasteiger partial charge in [0, 0.05) is 24.6 Å². The Bertz CT molecular complexity index is 1370. The van der Waals surface area contributed by atoms with E-state index < -0.39 is 21.8 Å². The van der Waals surface area contributed by atoms with Crippen molar-refractivity contribution in [3.8, 4) is 16.9 Å². The van der Waals surface area contributed by atoms with E-state index in [4.69, 9.17) is 4.74 Å². The molecule has 1 aromatic heterocycles. The quantitative estimate of drug-likeness (QED) is 0.505. The van der Waals surface area contributed by atoms with Crippen LogP contribution in [0.2, 0.25) is 0 Å². The summed E-state index contributed by atoms with van der Waals surface area (Å²) in [5.74, 6) is -0.916. The van der Waals surface area contributed by atoms with Crippen LogP contribution < -0.4 is 9.64 Å². The molecule has 0 saturated carbocycles. The third-order valence-corrected chi connectivity index (χ3v) is 7.57. The molecule has 2 aromatic carbocycles. The fourth-order valence-electron chi connectivity index (χ4n) is 3.82. The van der Waals surface area contributed by atoms with E-state index in [0.717, 1.165) is 22.5 Å². The van der Waals surface area contributed by atoms with Gasteiger partial charge < -0.3 is 9.64 Å². The Labute approximate surface area is 196 Å². The molecule has 174 valence electrons. The van der Waals surface area contributed by atoms with Gasteiger partial charge in [-0.15, -0.1) is 11.8 Å². The summed E-state index contributed by atoms with van der Waals surface area (Å²) >= 11 is 1.48. The van der Waals surface area contributed by atoms with Gasteiger partial charge in [0.1, 0.15) is 5.03 Å². The van der Waals surface area contributed by atoms with Crippen molar-refractivity contribution in [1.29, 1.82) is 0 Å². The average Bonchev–Trinajstić information content (AvgIpc) is 3.04. The fourth-order valence-corrected chi connectivity index (χ4v) is 5.15. The first-order valence-corrected chi connectivity index (χ1v) is 13.3. The lowest BCUT2D eigenvalue weighted by atomic mass is 10.0. The maximum absolute atomic E-state index is 15.2. The van der Waals surface area contributed by atoms with E-state index in [1.807, 2.05) is 20.2 Å². The van der Waals surface area contributed by atoms with Crippen LogP contribution in [0.25, 0.3) is 11.1 Å². The van der Waals surface area contributed by atoms with Crippen molar-refractivity contribution in [3.63, 3.8) is 0 Å². The molecule has 7 nitrogen and oxygen atoms in total. The highest BCUT2D eigenvalue weighted by molar-refractivity contribution is 7.98. The number of aromatic nitrogens is 2. The monoisotopic (exact) mass is 489 g/mol. The predicted molar refractivity (Wildman–Crippen MR) is 126 cm³/mol. The minimum Gasteiger partial charge on any atom is -0.476 e. The van der Waals surface area contributed by atoms with E-state index in [2.05, 4.69) is 5.10 Å². The highest BCUT2D eigenvalue weighted by atomic mass is 32.2. The van der Waals surface area contributed by atoms with Crippen molar-refractivity contribution >= 4 is 33.2 Å². The largest absolute Gasteiger partial charge is 0.476 e. The van der Waals surface area contributed by atoms with Gasteiger partial charge in [-0.3, -0.25) is 9.48 Å². The predicted octanol–water partition coefficient (Wildman–Crippen LogP) is 3.97. The average molecular weight is 490 g/mol. The minimum absolute atomic E-state index is 0.00244. The summed E-state index contributed by atoms with van der Waals surface area (Å²) in [6.07, 6.45) is 2.19. The van der Waals surface area contributed by atoms with Crippen LogP contribution in [-0.4, -0.2) is 42.7 Å². The lowest BCUT2D eigenvalue weighted by Crippen LogP contribution is -2.44. The van der Waals surface area contributed by atoms with Crippen molar-refractivity contribution in [2.45, 2.75) is 36.4 Å². The summed E-state index contributed by atoms with van der Waals surface area (Å²) < 4.78 is 46.5. The van der Waals surface area contributed by atoms with Crippen LogP contribution in [0.4, 0.5) is 10.1 Å². The first-order valence-electron chi connectivity index (χ1n) is 10.2. The van der Waals surface area contributed by atoms with Crippen molar-refractivity contribution in [3.05, 3.63) is 53.5 Å². The lowest BCUT2D eigenvalue weighted by molar-refractivity contribution is -0.125. The second kappa shape index (κ2) is 8.49. The molecule has 1 aliphatic rings. The number of fused-ring (bicyclic) bond motifs is 1. The molecule has 0 spiro atoms. The Morgan fingerprint density at radius 3 is 2.61 bits per heavy atom. The Balaban J connectivity index is 1.85. The lowest BCUT2D eigenvalue weighted by Gasteiger charge is -2.33. The van der Waals surface area contributed by atoms with E-state index in [-0.39, 0.29) is 23.1 Å². The number of hydrogen-bond acceptors (Lipinski definition) is 6. The zero-order chi connectivity index (χ0) is 24.1. The Hall–Kier alpha value is -2.85. The summed E-state index contributed by atoms with van der Waals surface area (Å²) in [6.45, 7) is 3.72. The van der Waals surface area contributed by atoms with Crippen molar-refractivity contribution < 1.29 is 22.3 Å². The number of carbonyl (C=O) groups is 1. The highest BCUT2D eigenvalue weighted by Crippen LogP contribution is 2.41. The van der Waals surface area contributed by atoms with Gasteiger partial charge in [0.05, 0.1) is 17.1 Å².